The van der Waals surface area contributed by atoms with Gasteiger partial charge >= 0.3 is 0 Å². The summed E-state index contributed by atoms with van der Waals surface area (Å²) in [5.41, 5.74) is 3.92. The van der Waals surface area contributed by atoms with Gasteiger partial charge in [-0.3, -0.25) is 4.79 Å². The molecule has 1 unspecified atom stereocenters. The predicted octanol–water partition coefficient (Wildman–Crippen LogP) is 5.31. The summed E-state index contributed by atoms with van der Waals surface area (Å²) < 4.78 is 11.3. The van der Waals surface area contributed by atoms with Crippen molar-refractivity contribution in [3.05, 3.63) is 88.3 Å². The van der Waals surface area contributed by atoms with Crippen LogP contribution in [0.25, 0.3) is 0 Å². The van der Waals surface area contributed by atoms with E-state index in [1.807, 2.05) is 56.3 Å². The Morgan fingerprint density at radius 3 is 2.69 bits per heavy atom. The molecule has 2 heterocycles. The lowest BCUT2D eigenvalue weighted by Crippen LogP contribution is -2.31. The van der Waals surface area contributed by atoms with Crippen LogP contribution in [-0.2, 0) is 4.79 Å². The maximum absolute atomic E-state index is 12.9. The fourth-order valence-corrected chi connectivity index (χ4v) is 3.40. The summed E-state index contributed by atoms with van der Waals surface area (Å²) in [7, 11) is 0. The zero-order valence-corrected chi connectivity index (χ0v) is 17.0. The van der Waals surface area contributed by atoms with E-state index in [9.17, 15) is 4.79 Å². The summed E-state index contributed by atoms with van der Waals surface area (Å²) >= 11 is 6.05. The van der Waals surface area contributed by atoms with Crippen molar-refractivity contribution in [3.63, 3.8) is 0 Å². The number of hydrogen-bond acceptors (Lipinski definition) is 4. The number of amides is 1. The lowest BCUT2D eigenvalue weighted by Gasteiger charge is -2.20. The maximum atomic E-state index is 12.9. The molecule has 4 rings (SSSR count). The van der Waals surface area contributed by atoms with Crippen molar-refractivity contribution in [2.45, 2.75) is 26.3 Å². The van der Waals surface area contributed by atoms with E-state index in [1.165, 1.54) is 10.6 Å². The van der Waals surface area contributed by atoms with Crippen LogP contribution in [0, 0.1) is 13.8 Å². The second-order valence-electron chi connectivity index (χ2n) is 7.09. The Labute approximate surface area is 174 Å². The molecule has 0 bridgehead atoms. The first-order chi connectivity index (χ1) is 14.0. The molecule has 0 spiro atoms. The molecule has 6 heteroatoms. The van der Waals surface area contributed by atoms with Crippen molar-refractivity contribution >= 4 is 23.2 Å². The molecule has 1 aliphatic heterocycles. The van der Waals surface area contributed by atoms with Crippen molar-refractivity contribution < 1.29 is 13.9 Å². The summed E-state index contributed by atoms with van der Waals surface area (Å²) in [5, 5.41) is 6.74. The fourth-order valence-electron chi connectivity index (χ4n) is 3.28. The van der Waals surface area contributed by atoms with Crippen LogP contribution in [0.15, 0.2) is 70.4 Å². The Bertz CT molecular complexity index is 1040. The third-order valence-electron chi connectivity index (χ3n) is 4.91. The van der Waals surface area contributed by atoms with Crippen molar-refractivity contribution in [3.8, 4) is 5.75 Å². The van der Waals surface area contributed by atoms with E-state index in [0.717, 1.165) is 16.8 Å². The second kappa shape index (κ2) is 8.13. The van der Waals surface area contributed by atoms with Gasteiger partial charge in [-0.15, -0.1) is 0 Å². The van der Waals surface area contributed by atoms with Gasteiger partial charge in [-0.1, -0.05) is 41.4 Å². The average molecular weight is 409 g/mol. The summed E-state index contributed by atoms with van der Waals surface area (Å²) in [4.78, 5) is 12.9. The van der Waals surface area contributed by atoms with Crippen LogP contribution in [0.1, 0.15) is 34.9 Å². The molecule has 1 aliphatic rings. The van der Waals surface area contributed by atoms with Gasteiger partial charge in [-0.05, 0) is 55.3 Å². The molecular weight excluding hydrogens is 388 g/mol. The third kappa shape index (κ3) is 4.20. The quantitative estimate of drug-likeness (QED) is 0.575. The van der Waals surface area contributed by atoms with E-state index in [2.05, 4.69) is 5.10 Å². The number of aryl methyl sites for hydroxylation is 2. The number of rotatable bonds is 5. The number of hydrogen-bond donors (Lipinski definition) is 0. The topological polar surface area (TPSA) is 55.0 Å². The Balaban J connectivity index is 1.54. The van der Waals surface area contributed by atoms with Crippen LogP contribution in [0.5, 0.6) is 5.75 Å². The van der Waals surface area contributed by atoms with Crippen LogP contribution >= 0.6 is 11.6 Å². The minimum atomic E-state index is -0.288. The summed E-state index contributed by atoms with van der Waals surface area (Å²) in [6.07, 6.45) is 2.19. The predicted molar refractivity (Wildman–Crippen MR) is 112 cm³/mol. The number of ether oxygens (including phenoxy) is 1. The maximum Gasteiger partial charge on any atom is 0.281 e. The molecule has 5 nitrogen and oxygen atoms in total. The normalized spacial score (nSPS) is 16.0. The third-order valence-corrected chi connectivity index (χ3v) is 5.34. The Morgan fingerprint density at radius 2 is 2.00 bits per heavy atom. The molecule has 148 valence electrons. The summed E-state index contributed by atoms with van der Waals surface area (Å²) in [6.45, 7) is 3.81. The molecule has 0 saturated heterocycles. The number of halogens is 1. The minimum absolute atomic E-state index is 0.122. The standard InChI is InChI=1S/C23H21ClN2O3/c1-15-5-7-17(8-6-15)20-13-21(22-4-3-11-28-22)26(25-20)23(27)14-29-18-9-10-19(24)16(2)12-18/h3-12,21H,13-14H2,1-2H3. The second-order valence-corrected chi connectivity index (χ2v) is 7.49. The van der Waals surface area contributed by atoms with Gasteiger partial charge in [0.2, 0.25) is 0 Å². The van der Waals surface area contributed by atoms with Gasteiger partial charge in [0.1, 0.15) is 17.6 Å². The highest BCUT2D eigenvalue weighted by Crippen LogP contribution is 2.33. The highest BCUT2D eigenvalue weighted by atomic mass is 35.5. The lowest BCUT2D eigenvalue weighted by molar-refractivity contribution is -0.135. The van der Waals surface area contributed by atoms with Gasteiger partial charge in [0.15, 0.2) is 6.61 Å². The first-order valence-corrected chi connectivity index (χ1v) is 9.78. The van der Waals surface area contributed by atoms with Gasteiger partial charge < -0.3 is 9.15 Å². The number of furan rings is 1. The molecule has 0 radical (unpaired) electrons. The Morgan fingerprint density at radius 1 is 1.21 bits per heavy atom. The largest absolute Gasteiger partial charge is 0.484 e. The fraction of sp³-hybridized carbons (Fsp3) is 0.217. The zero-order chi connectivity index (χ0) is 20.4. The number of hydrazone groups is 1. The lowest BCUT2D eigenvalue weighted by atomic mass is 10.0. The zero-order valence-electron chi connectivity index (χ0n) is 16.3. The van der Waals surface area contributed by atoms with E-state index in [1.54, 1.807) is 18.4 Å². The van der Waals surface area contributed by atoms with Crippen LogP contribution in [0.4, 0.5) is 0 Å². The van der Waals surface area contributed by atoms with Crippen LogP contribution in [0.2, 0.25) is 5.02 Å². The van der Waals surface area contributed by atoms with E-state index >= 15 is 0 Å². The first kappa shape index (κ1) is 19.3. The van der Waals surface area contributed by atoms with Crippen LogP contribution < -0.4 is 4.74 Å². The molecule has 2 aromatic carbocycles. The highest BCUT2D eigenvalue weighted by molar-refractivity contribution is 6.31. The summed E-state index contributed by atoms with van der Waals surface area (Å²) in [5.74, 6) is 1.06. The molecule has 1 amide bonds. The molecule has 1 atom stereocenters. The molecule has 0 N–H and O–H groups in total. The van der Waals surface area contributed by atoms with E-state index < -0.39 is 0 Å². The summed E-state index contributed by atoms with van der Waals surface area (Å²) in [6, 6.07) is 16.8. The monoisotopic (exact) mass is 408 g/mol. The molecule has 0 aliphatic carbocycles. The van der Waals surface area contributed by atoms with E-state index in [0.29, 0.717) is 23.0 Å². The molecule has 1 aromatic heterocycles. The van der Waals surface area contributed by atoms with Gasteiger partial charge in [0, 0.05) is 11.4 Å². The SMILES string of the molecule is Cc1ccc(C2=NN(C(=O)COc3ccc(Cl)c(C)c3)C(c3ccco3)C2)cc1. The van der Waals surface area contributed by atoms with Gasteiger partial charge in [-0.25, -0.2) is 5.01 Å². The Kier molecular flexibility index (Phi) is 5.41. The minimum Gasteiger partial charge on any atom is -0.484 e. The first-order valence-electron chi connectivity index (χ1n) is 9.40. The highest BCUT2D eigenvalue weighted by Gasteiger charge is 2.35. The van der Waals surface area contributed by atoms with Crippen molar-refractivity contribution in [2.24, 2.45) is 5.10 Å². The van der Waals surface area contributed by atoms with E-state index in [4.69, 9.17) is 20.8 Å². The molecule has 0 saturated carbocycles. The van der Waals surface area contributed by atoms with Crippen LogP contribution in [-0.4, -0.2) is 23.2 Å². The molecule has 3 aromatic rings. The Hall–Kier alpha value is -3.05. The van der Waals surface area contributed by atoms with Crippen LogP contribution in [0.3, 0.4) is 0 Å². The molecule has 29 heavy (non-hydrogen) atoms. The number of benzene rings is 2. The van der Waals surface area contributed by atoms with Gasteiger partial charge in [-0.2, -0.15) is 5.10 Å². The number of nitrogens with zero attached hydrogens (tertiary/aromatic N) is 2. The van der Waals surface area contributed by atoms with Crippen molar-refractivity contribution in [1.82, 2.24) is 5.01 Å². The van der Waals surface area contributed by atoms with Crippen molar-refractivity contribution in [2.75, 3.05) is 6.61 Å². The number of carbonyl (C=O) groups excluding carboxylic acids is 1. The molecular formula is C23H21ClN2O3. The van der Waals surface area contributed by atoms with Gasteiger partial charge in [0.05, 0.1) is 12.0 Å². The smallest absolute Gasteiger partial charge is 0.281 e. The van der Waals surface area contributed by atoms with Gasteiger partial charge in [0.25, 0.3) is 5.91 Å². The average Bonchev–Trinajstić information content (AvgIpc) is 3.39. The van der Waals surface area contributed by atoms with E-state index in [-0.39, 0.29) is 18.6 Å². The molecule has 0 fully saturated rings. The van der Waals surface area contributed by atoms with Crippen molar-refractivity contribution in [1.29, 1.82) is 0 Å². The number of carbonyl (C=O) groups is 1.